The molecule has 2 N–H and O–H groups in total. The fraction of sp³-hybridized carbons (Fsp3) is 0.381. The van der Waals surface area contributed by atoms with Crippen LogP contribution in [0, 0.1) is 10.1 Å². The summed E-state index contributed by atoms with van der Waals surface area (Å²) in [4.78, 5) is 26.6. The normalized spacial score (nSPS) is 14.6. The zero-order chi connectivity index (χ0) is 20.6. The number of hydrogen-bond acceptors (Lipinski definition) is 6. The van der Waals surface area contributed by atoms with Gasteiger partial charge in [-0.05, 0) is 43.7 Å². The van der Waals surface area contributed by atoms with E-state index in [4.69, 9.17) is 10.5 Å². The number of amides is 1. The third-order valence-electron chi connectivity index (χ3n) is 5.06. The van der Waals surface area contributed by atoms with Crippen LogP contribution in [0.4, 0.5) is 11.4 Å². The minimum atomic E-state index is -0.824. The topological polar surface area (TPSA) is 102 Å². The second kappa shape index (κ2) is 9.88. The first-order chi connectivity index (χ1) is 14.0. The lowest BCUT2D eigenvalue weighted by Gasteiger charge is -2.36. The van der Waals surface area contributed by atoms with Gasteiger partial charge in [0.15, 0.2) is 0 Å². The van der Waals surface area contributed by atoms with Crippen LogP contribution >= 0.6 is 0 Å². The Balaban J connectivity index is 1.37. The highest BCUT2D eigenvalue weighted by atomic mass is 16.6. The quantitative estimate of drug-likeness (QED) is 0.396. The van der Waals surface area contributed by atoms with E-state index in [2.05, 4.69) is 34.1 Å². The van der Waals surface area contributed by atoms with Gasteiger partial charge in [-0.2, -0.15) is 0 Å². The molecule has 0 atom stereocenters. The van der Waals surface area contributed by atoms with Gasteiger partial charge in [0.1, 0.15) is 11.3 Å². The molecule has 0 unspecified atom stereocenters. The molecular weight excluding hydrogens is 372 g/mol. The first kappa shape index (κ1) is 20.6. The van der Waals surface area contributed by atoms with Gasteiger partial charge in [0.2, 0.25) is 0 Å². The summed E-state index contributed by atoms with van der Waals surface area (Å²) in [5.74, 6) is -0.450. The van der Waals surface area contributed by atoms with Crippen LogP contribution in [0.25, 0.3) is 0 Å². The molecule has 2 aromatic rings. The smallest absolute Gasteiger partial charge is 0.285 e. The van der Waals surface area contributed by atoms with Gasteiger partial charge in [-0.15, -0.1) is 0 Å². The molecule has 1 amide bonds. The lowest BCUT2D eigenvalue weighted by molar-refractivity contribution is -0.385. The molecule has 8 heteroatoms. The predicted octanol–water partition coefficient (Wildman–Crippen LogP) is 2.67. The summed E-state index contributed by atoms with van der Waals surface area (Å²) >= 11 is 0. The van der Waals surface area contributed by atoms with Crippen molar-refractivity contribution in [2.24, 2.45) is 5.73 Å². The largest absolute Gasteiger partial charge is 0.493 e. The summed E-state index contributed by atoms with van der Waals surface area (Å²) in [6.45, 7) is 5.60. The number of para-hydroxylation sites is 1. The second-order valence-corrected chi connectivity index (χ2v) is 7.02. The zero-order valence-electron chi connectivity index (χ0n) is 16.3. The average Bonchev–Trinajstić information content (AvgIpc) is 2.74. The molecular formula is C21H26N4O4. The summed E-state index contributed by atoms with van der Waals surface area (Å²) < 4.78 is 5.61. The van der Waals surface area contributed by atoms with E-state index in [1.165, 1.54) is 23.9 Å². The number of nitrogens with zero attached hydrogens (tertiary/aromatic N) is 3. The number of primary amides is 1. The number of nitro groups is 1. The van der Waals surface area contributed by atoms with E-state index in [1.54, 1.807) is 0 Å². The average molecular weight is 398 g/mol. The van der Waals surface area contributed by atoms with Crippen molar-refractivity contribution in [1.29, 1.82) is 0 Å². The number of rotatable bonds is 9. The lowest BCUT2D eigenvalue weighted by Crippen LogP contribution is -2.46. The van der Waals surface area contributed by atoms with Crippen LogP contribution in [0.2, 0.25) is 0 Å². The molecule has 1 aliphatic rings. The van der Waals surface area contributed by atoms with Crippen molar-refractivity contribution < 1.29 is 14.5 Å². The molecule has 154 valence electrons. The number of unbranched alkanes of at least 4 members (excludes halogenated alkanes) is 1. The highest BCUT2D eigenvalue weighted by Crippen LogP contribution is 2.24. The van der Waals surface area contributed by atoms with Crippen LogP contribution in [-0.4, -0.2) is 55.1 Å². The maximum absolute atomic E-state index is 11.3. The minimum absolute atomic E-state index is 0.114. The van der Waals surface area contributed by atoms with Gasteiger partial charge >= 0.3 is 0 Å². The Labute approximate surface area is 170 Å². The number of hydrogen-bond donors (Lipinski definition) is 1. The van der Waals surface area contributed by atoms with Crippen LogP contribution in [0.1, 0.15) is 23.2 Å². The van der Waals surface area contributed by atoms with Crippen LogP contribution in [0.5, 0.6) is 5.75 Å². The highest BCUT2D eigenvalue weighted by Gasteiger charge is 2.19. The molecule has 0 bridgehead atoms. The van der Waals surface area contributed by atoms with Crippen LogP contribution in [0.3, 0.4) is 0 Å². The molecule has 1 fully saturated rings. The lowest BCUT2D eigenvalue weighted by atomic mass is 10.1. The molecule has 0 spiro atoms. The standard InChI is InChI=1S/C21H26N4O4/c22-21(26)19-9-8-18(16-20(19)25(27)28)29-15-5-4-10-23-11-13-24(14-12-23)17-6-2-1-3-7-17/h1-3,6-9,16H,4-5,10-15H2,(H2,22,26). The summed E-state index contributed by atoms with van der Waals surface area (Å²) in [7, 11) is 0. The van der Waals surface area contributed by atoms with E-state index in [0.29, 0.717) is 12.4 Å². The number of benzene rings is 2. The monoisotopic (exact) mass is 398 g/mol. The molecule has 2 aromatic carbocycles. The van der Waals surface area contributed by atoms with Gasteiger partial charge in [0.25, 0.3) is 11.6 Å². The third-order valence-corrected chi connectivity index (χ3v) is 5.06. The Morgan fingerprint density at radius 3 is 2.45 bits per heavy atom. The summed E-state index contributed by atoms with van der Waals surface area (Å²) in [6.07, 6.45) is 1.84. The number of carbonyl (C=O) groups is 1. The van der Waals surface area contributed by atoms with Gasteiger partial charge in [-0.1, -0.05) is 18.2 Å². The van der Waals surface area contributed by atoms with Crippen molar-refractivity contribution in [2.75, 3.05) is 44.2 Å². The molecule has 8 nitrogen and oxygen atoms in total. The Hall–Kier alpha value is -3.13. The maximum Gasteiger partial charge on any atom is 0.285 e. The number of nitrogens with two attached hydrogens (primary N) is 1. The molecule has 1 saturated heterocycles. The third kappa shape index (κ3) is 5.68. The van der Waals surface area contributed by atoms with Crippen molar-refractivity contribution in [1.82, 2.24) is 4.90 Å². The molecule has 0 saturated carbocycles. The molecule has 0 aromatic heterocycles. The van der Waals surface area contributed by atoms with Gasteiger partial charge in [-0.3, -0.25) is 19.8 Å². The summed E-state index contributed by atoms with van der Waals surface area (Å²) in [6, 6.07) is 14.6. The summed E-state index contributed by atoms with van der Waals surface area (Å²) in [5.41, 5.74) is 6.00. The minimum Gasteiger partial charge on any atom is -0.493 e. The Morgan fingerprint density at radius 2 is 1.79 bits per heavy atom. The van der Waals surface area contributed by atoms with Gasteiger partial charge < -0.3 is 15.4 Å². The van der Waals surface area contributed by atoms with Crippen molar-refractivity contribution in [2.45, 2.75) is 12.8 Å². The Kier molecular flexibility index (Phi) is 7.02. The van der Waals surface area contributed by atoms with E-state index in [-0.39, 0.29) is 11.3 Å². The van der Waals surface area contributed by atoms with Gasteiger partial charge in [0.05, 0.1) is 17.6 Å². The zero-order valence-corrected chi connectivity index (χ0v) is 16.3. The predicted molar refractivity (Wildman–Crippen MR) is 111 cm³/mol. The number of ether oxygens (including phenoxy) is 1. The van der Waals surface area contributed by atoms with E-state index in [0.717, 1.165) is 45.6 Å². The van der Waals surface area contributed by atoms with E-state index >= 15 is 0 Å². The van der Waals surface area contributed by atoms with Crippen molar-refractivity contribution in [3.63, 3.8) is 0 Å². The van der Waals surface area contributed by atoms with Crippen LogP contribution < -0.4 is 15.4 Å². The SMILES string of the molecule is NC(=O)c1ccc(OCCCCN2CCN(c3ccccc3)CC2)cc1[N+](=O)[O-]. The fourth-order valence-corrected chi connectivity index (χ4v) is 3.46. The first-order valence-corrected chi connectivity index (χ1v) is 9.78. The van der Waals surface area contributed by atoms with E-state index in [9.17, 15) is 14.9 Å². The van der Waals surface area contributed by atoms with Crippen LogP contribution in [-0.2, 0) is 0 Å². The van der Waals surface area contributed by atoms with Crippen molar-refractivity contribution >= 4 is 17.3 Å². The number of carbonyl (C=O) groups excluding carboxylic acids is 1. The van der Waals surface area contributed by atoms with Crippen molar-refractivity contribution in [3.8, 4) is 5.75 Å². The molecule has 1 heterocycles. The van der Waals surface area contributed by atoms with E-state index in [1.807, 2.05) is 6.07 Å². The first-order valence-electron chi connectivity index (χ1n) is 9.78. The molecule has 0 radical (unpaired) electrons. The van der Waals surface area contributed by atoms with Gasteiger partial charge in [0, 0.05) is 31.9 Å². The van der Waals surface area contributed by atoms with Gasteiger partial charge in [-0.25, -0.2) is 0 Å². The molecule has 3 rings (SSSR count). The maximum atomic E-state index is 11.3. The number of piperazine rings is 1. The number of anilines is 1. The van der Waals surface area contributed by atoms with Crippen LogP contribution in [0.15, 0.2) is 48.5 Å². The Morgan fingerprint density at radius 1 is 1.07 bits per heavy atom. The Bertz CT molecular complexity index is 836. The number of nitro benzene ring substituents is 1. The second-order valence-electron chi connectivity index (χ2n) is 7.02. The van der Waals surface area contributed by atoms with Crippen molar-refractivity contribution in [3.05, 3.63) is 64.2 Å². The van der Waals surface area contributed by atoms with E-state index < -0.39 is 10.8 Å². The highest BCUT2D eigenvalue weighted by molar-refractivity contribution is 5.97. The molecule has 1 aliphatic heterocycles. The molecule has 29 heavy (non-hydrogen) atoms. The molecule has 0 aliphatic carbocycles. The fourth-order valence-electron chi connectivity index (χ4n) is 3.46. The summed E-state index contributed by atoms with van der Waals surface area (Å²) in [5, 5.41) is 11.1.